The van der Waals surface area contributed by atoms with Crippen molar-refractivity contribution in [2.75, 3.05) is 12.9 Å². The maximum Gasteiger partial charge on any atom is 0.335 e. The first kappa shape index (κ1) is 20.3. The predicted octanol–water partition coefficient (Wildman–Crippen LogP) is 3.49. The van der Waals surface area contributed by atoms with Gasteiger partial charge < -0.3 is 9.84 Å². The van der Waals surface area contributed by atoms with E-state index >= 15 is 0 Å². The fourth-order valence-corrected chi connectivity index (χ4v) is 3.59. The third kappa shape index (κ3) is 5.11. The van der Waals surface area contributed by atoms with Crippen molar-refractivity contribution < 1.29 is 19.4 Å². The van der Waals surface area contributed by atoms with E-state index in [1.165, 1.54) is 30.1 Å². The van der Waals surface area contributed by atoms with E-state index in [2.05, 4.69) is 15.5 Å². The lowest BCUT2D eigenvalue weighted by Gasteiger charge is -2.10. The lowest BCUT2D eigenvalue weighted by molar-refractivity contribution is -0.118. The van der Waals surface area contributed by atoms with Crippen LogP contribution in [0.15, 0.2) is 58.5 Å². The van der Waals surface area contributed by atoms with Crippen LogP contribution in [0.1, 0.15) is 21.6 Å². The summed E-state index contributed by atoms with van der Waals surface area (Å²) in [6.45, 7) is 1.90. The zero-order valence-electron chi connectivity index (χ0n) is 15.9. The van der Waals surface area contributed by atoms with E-state index in [0.29, 0.717) is 11.3 Å². The van der Waals surface area contributed by atoms with Crippen LogP contribution in [0.4, 0.5) is 0 Å². The fraction of sp³-hybridized carbons (Fsp3) is 0.143. The van der Waals surface area contributed by atoms with Gasteiger partial charge in [0.15, 0.2) is 0 Å². The van der Waals surface area contributed by atoms with Gasteiger partial charge in [-0.15, -0.1) is 11.8 Å². The Balaban J connectivity index is 1.63. The van der Waals surface area contributed by atoms with Gasteiger partial charge in [0.25, 0.3) is 0 Å². The van der Waals surface area contributed by atoms with Crippen LogP contribution in [0.5, 0.6) is 5.75 Å². The standard InChI is InChI=1S/C21H19N3O4S/c1-13-10-18(16-4-3-5-17(28-2)20(16)23-13)29-12-19(25)24-22-11-14-6-8-15(9-7-14)21(26)27/h3-11H,12H2,1-2H3,(H,24,25)(H,26,27)/b22-11-. The Hall–Kier alpha value is -3.39. The summed E-state index contributed by atoms with van der Waals surface area (Å²) in [5, 5.41) is 13.7. The fourth-order valence-electron chi connectivity index (χ4n) is 2.66. The molecule has 3 rings (SSSR count). The van der Waals surface area contributed by atoms with Crippen molar-refractivity contribution in [3.63, 3.8) is 0 Å². The molecule has 1 heterocycles. The molecule has 0 bridgehead atoms. The monoisotopic (exact) mass is 409 g/mol. The van der Waals surface area contributed by atoms with Crippen LogP contribution in [-0.2, 0) is 4.79 Å². The largest absolute Gasteiger partial charge is 0.494 e. The number of aromatic nitrogens is 1. The molecular weight excluding hydrogens is 390 g/mol. The number of fused-ring (bicyclic) bond motifs is 1. The molecule has 0 unspecified atom stereocenters. The zero-order valence-corrected chi connectivity index (χ0v) is 16.7. The topological polar surface area (TPSA) is 101 Å². The van der Waals surface area contributed by atoms with E-state index in [-0.39, 0.29) is 17.2 Å². The third-order valence-corrected chi connectivity index (χ3v) is 5.09. The maximum absolute atomic E-state index is 12.1. The summed E-state index contributed by atoms with van der Waals surface area (Å²) in [6, 6.07) is 13.8. The molecule has 2 N–H and O–H groups in total. The highest BCUT2D eigenvalue weighted by Crippen LogP contribution is 2.32. The van der Waals surface area contributed by atoms with Crippen LogP contribution in [0, 0.1) is 6.92 Å². The van der Waals surface area contributed by atoms with E-state index < -0.39 is 5.97 Å². The molecule has 0 fully saturated rings. The van der Waals surface area contributed by atoms with Crippen molar-refractivity contribution in [3.05, 3.63) is 65.4 Å². The molecule has 1 aromatic heterocycles. The number of nitrogens with zero attached hydrogens (tertiary/aromatic N) is 2. The van der Waals surface area contributed by atoms with Gasteiger partial charge in [-0.25, -0.2) is 15.2 Å². The summed E-state index contributed by atoms with van der Waals surface area (Å²) >= 11 is 1.40. The number of carbonyl (C=O) groups excluding carboxylic acids is 1. The van der Waals surface area contributed by atoms with Crippen LogP contribution >= 0.6 is 11.8 Å². The second-order valence-electron chi connectivity index (χ2n) is 6.13. The quantitative estimate of drug-likeness (QED) is 0.352. The minimum absolute atomic E-state index is 0.186. The Labute approximate surface area is 171 Å². The second-order valence-corrected chi connectivity index (χ2v) is 7.14. The lowest BCUT2D eigenvalue weighted by Crippen LogP contribution is -2.19. The van der Waals surface area contributed by atoms with Gasteiger partial charge in [-0.05, 0) is 36.8 Å². The van der Waals surface area contributed by atoms with Crippen LogP contribution in [0.25, 0.3) is 10.9 Å². The number of amides is 1. The highest BCUT2D eigenvalue weighted by Gasteiger charge is 2.10. The third-order valence-electron chi connectivity index (χ3n) is 4.03. The van der Waals surface area contributed by atoms with E-state index in [9.17, 15) is 9.59 Å². The number of carboxylic acids is 1. The number of pyridine rings is 1. The number of thioether (sulfide) groups is 1. The average molecular weight is 409 g/mol. The molecule has 0 saturated carbocycles. The highest BCUT2D eigenvalue weighted by molar-refractivity contribution is 8.00. The smallest absolute Gasteiger partial charge is 0.335 e. The van der Waals surface area contributed by atoms with Crippen molar-refractivity contribution in [2.45, 2.75) is 11.8 Å². The Morgan fingerprint density at radius 2 is 2.00 bits per heavy atom. The summed E-state index contributed by atoms with van der Waals surface area (Å²) in [5.74, 6) is -0.365. The van der Waals surface area contributed by atoms with Gasteiger partial charge in [-0.1, -0.05) is 24.3 Å². The number of hydrogen-bond acceptors (Lipinski definition) is 6. The predicted molar refractivity (Wildman–Crippen MR) is 113 cm³/mol. The first-order valence-corrected chi connectivity index (χ1v) is 9.69. The molecule has 1 amide bonds. The number of para-hydroxylation sites is 1. The number of nitrogens with one attached hydrogen (secondary N) is 1. The molecule has 0 spiro atoms. The average Bonchev–Trinajstić information content (AvgIpc) is 2.72. The SMILES string of the molecule is COc1cccc2c(SCC(=O)N/N=C\c3ccc(C(=O)O)cc3)cc(C)nc12. The van der Waals surface area contributed by atoms with Gasteiger partial charge in [0, 0.05) is 16.0 Å². The molecule has 0 aliphatic carbocycles. The van der Waals surface area contributed by atoms with Crippen molar-refractivity contribution in [1.82, 2.24) is 10.4 Å². The van der Waals surface area contributed by atoms with Crippen molar-refractivity contribution in [2.24, 2.45) is 5.10 Å². The molecule has 29 heavy (non-hydrogen) atoms. The number of benzene rings is 2. The summed E-state index contributed by atoms with van der Waals surface area (Å²) < 4.78 is 5.38. The van der Waals surface area contributed by atoms with Crippen LogP contribution in [0.3, 0.4) is 0 Å². The van der Waals surface area contributed by atoms with Gasteiger partial charge in [0.05, 0.1) is 24.6 Å². The van der Waals surface area contributed by atoms with Gasteiger partial charge in [0.2, 0.25) is 5.91 Å². The van der Waals surface area contributed by atoms with Gasteiger partial charge in [-0.2, -0.15) is 5.10 Å². The van der Waals surface area contributed by atoms with Crippen molar-refractivity contribution in [1.29, 1.82) is 0 Å². The number of aryl methyl sites for hydroxylation is 1. The highest BCUT2D eigenvalue weighted by atomic mass is 32.2. The Bertz CT molecular complexity index is 1080. The molecule has 0 saturated heterocycles. The van der Waals surface area contributed by atoms with E-state index in [0.717, 1.165) is 21.5 Å². The minimum atomic E-state index is -0.990. The first-order valence-electron chi connectivity index (χ1n) is 8.70. The van der Waals surface area contributed by atoms with Crippen molar-refractivity contribution in [3.8, 4) is 5.75 Å². The van der Waals surface area contributed by atoms with Crippen LogP contribution in [0.2, 0.25) is 0 Å². The van der Waals surface area contributed by atoms with E-state index in [1.54, 1.807) is 19.2 Å². The molecule has 148 valence electrons. The number of methoxy groups -OCH3 is 1. The Kier molecular flexibility index (Phi) is 6.46. The molecule has 8 heteroatoms. The summed E-state index contributed by atoms with van der Waals surface area (Å²) in [6.07, 6.45) is 1.46. The minimum Gasteiger partial charge on any atom is -0.494 e. The molecule has 0 radical (unpaired) electrons. The van der Waals surface area contributed by atoms with E-state index in [1.807, 2.05) is 31.2 Å². The number of aromatic carboxylic acids is 1. The van der Waals surface area contributed by atoms with Gasteiger partial charge in [-0.3, -0.25) is 4.79 Å². The van der Waals surface area contributed by atoms with Crippen LogP contribution < -0.4 is 10.2 Å². The number of hydrazone groups is 1. The summed E-state index contributed by atoms with van der Waals surface area (Å²) in [5.41, 5.74) is 4.96. The summed E-state index contributed by atoms with van der Waals surface area (Å²) in [4.78, 5) is 28.4. The van der Waals surface area contributed by atoms with Gasteiger partial charge >= 0.3 is 5.97 Å². The summed E-state index contributed by atoms with van der Waals surface area (Å²) in [7, 11) is 1.60. The van der Waals surface area contributed by atoms with Crippen LogP contribution in [-0.4, -0.2) is 41.0 Å². The molecular formula is C21H19N3O4S. The molecule has 0 atom stereocenters. The molecule has 3 aromatic rings. The normalized spacial score (nSPS) is 11.0. The second kappa shape index (κ2) is 9.20. The molecule has 0 aliphatic heterocycles. The molecule has 7 nitrogen and oxygen atoms in total. The Morgan fingerprint density at radius 1 is 1.24 bits per heavy atom. The number of carboxylic acid groups (broad SMARTS) is 1. The number of rotatable bonds is 7. The lowest BCUT2D eigenvalue weighted by atomic mass is 10.1. The van der Waals surface area contributed by atoms with E-state index in [4.69, 9.17) is 9.84 Å². The Morgan fingerprint density at radius 3 is 2.69 bits per heavy atom. The molecule has 0 aliphatic rings. The zero-order chi connectivity index (χ0) is 20.8. The first-order chi connectivity index (χ1) is 14.0. The van der Waals surface area contributed by atoms with Crippen molar-refractivity contribution >= 4 is 40.8 Å². The van der Waals surface area contributed by atoms with Gasteiger partial charge in [0.1, 0.15) is 11.3 Å². The maximum atomic E-state index is 12.1. The molecule has 2 aromatic carbocycles. The number of ether oxygens (including phenoxy) is 1. The number of hydrogen-bond donors (Lipinski definition) is 2. The number of carbonyl (C=O) groups is 2.